The molecule has 0 aliphatic rings. The van der Waals surface area contributed by atoms with Gasteiger partial charge in [0.2, 0.25) is 0 Å². The third-order valence-electron chi connectivity index (χ3n) is 2.49. The van der Waals surface area contributed by atoms with Gasteiger partial charge in [0, 0.05) is 19.6 Å². The van der Waals surface area contributed by atoms with Gasteiger partial charge in [-0.3, -0.25) is 0 Å². The molecule has 0 saturated carbocycles. The van der Waals surface area contributed by atoms with E-state index in [1.807, 2.05) is 18.2 Å². The molecular weight excluding hydrogens is 214 g/mol. The monoisotopic (exact) mass is 237 g/mol. The lowest BCUT2D eigenvalue weighted by Gasteiger charge is -2.13. The fourth-order valence-electron chi connectivity index (χ4n) is 1.62. The van der Waals surface area contributed by atoms with Crippen LogP contribution in [0.4, 0.5) is 0 Å². The van der Waals surface area contributed by atoms with Crippen LogP contribution < -0.4 is 10.5 Å². The van der Waals surface area contributed by atoms with Crippen molar-refractivity contribution in [2.45, 2.75) is 26.2 Å². The van der Waals surface area contributed by atoms with Crippen molar-refractivity contribution in [1.82, 2.24) is 0 Å². The van der Waals surface area contributed by atoms with Crippen molar-refractivity contribution < 1.29 is 9.47 Å². The van der Waals surface area contributed by atoms with E-state index in [0.29, 0.717) is 32.3 Å². The summed E-state index contributed by atoms with van der Waals surface area (Å²) in [6, 6.07) is 8.19. The zero-order valence-corrected chi connectivity index (χ0v) is 10.8. The summed E-state index contributed by atoms with van der Waals surface area (Å²) in [5.41, 5.74) is 6.59. The Hall–Kier alpha value is -1.06. The van der Waals surface area contributed by atoms with Crippen LogP contribution in [0.15, 0.2) is 24.3 Å². The first-order chi connectivity index (χ1) is 8.25. The highest BCUT2D eigenvalue weighted by Gasteiger charge is 2.06. The summed E-state index contributed by atoms with van der Waals surface area (Å²) in [6.07, 6.45) is 0.895. The summed E-state index contributed by atoms with van der Waals surface area (Å²) in [4.78, 5) is 0. The highest BCUT2D eigenvalue weighted by Crippen LogP contribution is 2.25. The number of hydrogen-bond acceptors (Lipinski definition) is 3. The predicted octanol–water partition coefficient (Wildman–Crippen LogP) is 2.55. The molecule has 0 heterocycles. The van der Waals surface area contributed by atoms with Crippen molar-refractivity contribution in [3.05, 3.63) is 29.8 Å². The molecule has 3 heteroatoms. The maximum Gasteiger partial charge on any atom is 0.122 e. The van der Waals surface area contributed by atoms with Gasteiger partial charge in [0.15, 0.2) is 0 Å². The Morgan fingerprint density at radius 3 is 2.59 bits per heavy atom. The topological polar surface area (TPSA) is 44.5 Å². The van der Waals surface area contributed by atoms with Crippen molar-refractivity contribution >= 4 is 0 Å². The molecule has 0 atom stereocenters. The SMILES string of the molecule is CC(C)c1ccccc1OCCCOCCN. The van der Waals surface area contributed by atoms with Crippen molar-refractivity contribution in [3.8, 4) is 5.75 Å². The molecule has 1 aromatic rings. The lowest BCUT2D eigenvalue weighted by atomic mass is 10.0. The van der Waals surface area contributed by atoms with Gasteiger partial charge in [-0.1, -0.05) is 32.0 Å². The molecule has 0 spiro atoms. The molecule has 0 unspecified atom stereocenters. The highest BCUT2D eigenvalue weighted by atomic mass is 16.5. The number of para-hydroxylation sites is 1. The van der Waals surface area contributed by atoms with Crippen LogP contribution in [0.25, 0.3) is 0 Å². The molecule has 2 N–H and O–H groups in total. The van der Waals surface area contributed by atoms with Crippen LogP contribution >= 0.6 is 0 Å². The molecule has 3 nitrogen and oxygen atoms in total. The lowest BCUT2D eigenvalue weighted by molar-refractivity contribution is 0.125. The molecule has 0 fully saturated rings. The first-order valence-electron chi connectivity index (χ1n) is 6.25. The van der Waals surface area contributed by atoms with Gasteiger partial charge < -0.3 is 15.2 Å². The molecule has 0 bridgehead atoms. The van der Waals surface area contributed by atoms with Crippen LogP contribution in [0.5, 0.6) is 5.75 Å². The summed E-state index contributed by atoms with van der Waals surface area (Å²) in [5, 5.41) is 0. The second-order valence-electron chi connectivity index (χ2n) is 4.30. The molecule has 1 rings (SSSR count). The van der Waals surface area contributed by atoms with Gasteiger partial charge in [0.25, 0.3) is 0 Å². The molecule has 0 radical (unpaired) electrons. The van der Waals surface area contributed by atoms with Gasteiger partial charge in [0.1, 0.15) is 5.75 Å². The third-order valence-corrected chi connectivity index (χ3v) is 2.49. The number of rotatable bonds is 8. The number of benzene rings is 1. The Morgan fingerprint density at radius 2 is 1.88 bits per heavy atom. The summed E-state index contributed by atoms with van der Waals surface area (Å²) in [5.74, 6) is 1.47. The molecule has 0 aromatic heterocycles. The maximum absolute atomic E-state index is 5.77. The fraction of sp³-hybridized carbons (Fsp3) is 0.571. The van der Waals surface area contributed by atoms with Gasteiger partial charge in [0.05, 0.1) is 13.2 Å². The lowest BCUT2D eigenvalue weighted by Crippen LogP contribution is -2.11. The van der Waals surface area contributed by atoms with Gasteiger partial charge in [-0.25, -0.2) is 0 Å². The molecular formula is C14H23NO2. The van der Waals surface area contributed by atoms with Crippen LogP contribution in [-0.4, -0.2) is 26.4 Å². The molecule has 1 aromatic carbocycles. The minimum Gasteiger partial charge on any atom is -0.493 e. The zero-order chi connectivity index (χ0) is 12.5. The van der Waals surface area contributed by atoms with Crippen molar-refractivity contribution in [3.63, 3.8) is 0 Å². The molecule has 0 saturated heterocycles. The van der Waals surface area contributed by atoms with E-state index < -0.39 is 0 Å². The number of nitrogens with two attached hydrogens (primary N) is 1. The van der Waals surface area contributed by atoms with E-state index in [1.165, 1.54) is 5.56 Å². The minimum atomic E-state index is 0.486. The summed E-state index contributed by atoms with van der Waals surface area (Å²) in [7, 11) is 0. The number of ether oxygens (including phenoxy) is 2. The summed E-state index contributed by atoms with van der Waals surface area (Å²) < 4.78 is 11.1. The minimum absolute atomic E-state index is 0.486. The Morgan fingerprint density at radius 1 is 1.12 bits per heavy atom. The Bertz CT molecular complexity index is 313. The van der Waals surface area contributed by atoms with Crippen molar-refractivity contribution in [2.24, 2.45) is 5.73 Å². The van der Waals surface area contributed by atoms with Gasteiger partial charge in [-0.05, 0) is 17.5 Å². The van der Waals surface area contributed by atoms with Crippen LogP contribution in [0, 0.1) is 0 Å². The third kappa shape index (κ3) is 5.20. The van der Waals surface area contributed by atoms with E-state index in [4.69, 9.17) is 15.2 Å². The Labute approximate surface area is 104 Å². The molecule has 96 valence electrons. The van der Waals surface area contributed by atoms with Gasteiger partial charge in [-0.2, -0.15) is 0 Å². The van der Waals surface area contributed by atoms with Crippen LogP contribution in [0.3, 0.4) is 0 Å². The first-order valence-corrected chi connectivity index (χ1v) is 6.25. The molecule has 17 heavy (non-hydrogen) atoms. The van der Waals surface area contributed by atoms with E-state index >= 15 is 0 Å². The van der Waals surface area contributed by atoms with E-state index in [2.05, 4.69) is 19.9 Å². The fourth-order valence-corrected chi connectivity index (χ4v) is 1.62. The summed E-state index contributed by atoms with van der Waals surface area (Å²) in [6.45, 7) is 6.95. The largest absolute Gasteiger partial charge is 0.493 e. The second-order valence-corrected chi connectivity index (χ2v) is 4.30. The number of hydrogen-bond donors (Lipinski definition) is 1. The van der Waals surface area contributed by atoms with E-state index in [1.54, 1.807) is 0 Å². The smallest absolute Gasteiger partial charge is 0.122 e. The first kappa shape index (κ1) is 14.0. The molecule has 0 aliphatic heterocycles. The van der Waals surface area contributed by atoms with E-state index in [9.17, 15) is 0 Å². The molecule has 0 amide bonds. The average molecular weight is 237 g/mol. The van der Waals surface area contributed by atoms with Crippen LogP contribution in [0.1, 0.15) is 31.7 Å². The van der Waals surface area contributed by atoms with Crippen LogP contribution in [-0.2, 0) is 4.74 Å². The predicted molar refractivity (Wildman–Crippen MR) is 70.5 cm³/mol. The highest BCUT2D eigenvalue weighted by molar-refractivity contribution is 5.35. The van der Waals surface area contributed by atoms with E-state index in [-0.39, 0.29) is 0 Å². The van der Waals surface area contributed by atoms with Gasteiger partial charge >= 0.3 is 0 Å². The zero-order valence-electron chi connectivity index (χ0n) is 10.8. The second kappa shape index (κ2) is 8.09. The maximum atomic E-state index is 5.77. The summed E-state index contributed by atoms with van der Waals surface area (Å²) >= 11 is 0. The average Bonchev–Trinajstić information content (AvgIpc) is 2.34. The van der Waals surface area contributed by atoms with Crippen LogP contribution in [0.2, 0.25) is 0 Å². The molecule has 0 aliphatic carbocycles. The van der Waals surface area contributed by atoms with E-state index in [0.717, 1.165) is 12.2 Å². The van der Waals surface area contributed by atoms with Crippen molar-refractivity contribution in [1.29, 1.82) is 0 Å². The standard InChI is InChI=1S/C14H23NO2/c1-12(2)13-6-3-4-7-14(13)17-10-5-9-16-11-8-15/h3-4,6-7,12H,5,8-11,15H2,1-2H3. The van der Waals surface area contributed by atoms with Gasteiger partial charge in [-0.15, -0.1) is 0 Å². The normalized spacial score (nSPS) is 10.8. The Balaban J connectivity index is 2.31. The Kier molecular flexibility index (Phi) is 6.67. The van der Waals surface area contributed by atoms with Crippen molar-refractivity contribution in [2.75, 3.05) is 26.4 Å². The quantitative estimate of drug-likeness (QED) is 0.707.